The van der Waals surface area contributed by atoms with Crippen molar-refractivity contribution >= 4 is 5.97 Å². The summed E-state index contributed by atoms with van der Waals surface area (Å²) in [4.78, 5) is 10.5. The Kier molecular flexibility index (Phi) is 1.66. The second kappa shape index (κ2) is 2.21. The summed E-state index contributed by atoms with van der Waals surface area (Å²) < 4.78 is 4.59. The van der Waals surface area contributed by atoms with Gasteiger partial charge in [0.1, 0.15) is 5.60 Å². The van der Waals surface area contributed by atoms with Crippen molar-refractivity contribution in [1.82, 2.24) is 0 Å². The highest BCUT2D eigenvalue weighted by Gasteiger charge is 2.43. The fourth-order valence-corrected chi connectivity index (χ4v) is 0.967. The van der Waals surface area contributed by atoms with Gasteiger partial charge in [0.25, 0.3) is 0 Å². The minimum atomic E-state index is -1.19. The Morgan fingerprint density at radius 3 is 2.70 bits per heavy atom. The number of hydrogen-bond acceptors (Lipinski definition) is 4. The van der Waals surface area contributed by atoms with Gasteiger partial charge in [-0.15, -0.1) is 0 Å². The minimum Gasteiger partial charge on any atom is -0.457 e. The number of carbonyl (C=O) groups excluding carboxylic acids is 1. The van der Waals surface area contributed by atoms with E-state index in [-0.39, 0.29) is 13.0 Å². The van der Waals surface area contributed by atoms with Crippen molar-refractivity contribution in [3.05, 3.63) is 0 Å². The Morgan fingerprint density at radius 2 is 2.50 bits per heavy atom. The molecule has 1 heterocycles. The molecular weight excluding hydrogens is 136 g/mol. The quantitative estimate of drug-likeness (QED) is 0.468. The average Bonchev–Trinajstić information content (AvgIpc) is 2.04. The normalized spacial score (nSPS) is 39.9. The number of aliphatic hydroxyl groups is 2. The van der Waals surface area contributed by atoms with Gasteiger partial charge in [0, 0.05) is 0 Å². The van der Waals surface area contributed by atoms with Gasteiger partial charge in [-0.05, 0) is 6.92 Å². The van der Waals surface area contributed by atoms with Crippen LogP contribution in [-0.2, 0) is 9.53 Å². The van der Waals surface area contributed by atoms with Crippen molar-refractivity contribution in [2.45, 2.75) is 25.0 Å². The first-order chi connectivity index (χ1) is 4.56. The van der Waals surface area contributed by atoms with E-state index in [2.05, 4.69) is 4.74 Å². The lowest BCUT2D eigenvalue weighted by atomic mass is 9.99. The minimum absolute atomic E-state index is 0.0295. The third kappa shape index (κ3) is 1.12. The number of ether oxygens (including phenoxy) is 1. The van der Waals surface area contributed by atoms with Crippen LogP contribution >= 0.6 is 0 Å². The van der Waals surface area contributed by atoms with E-state index in [4.69, 9.17) is 5.11 Å². The van der Waals surface area contributed by atoms with Crippen LogP contribution in [0.3, 0.4) is 0 Å². The summed E-state index contributed by atoms with van der Waals surface area (Å²) in [5.41, 5.74) is -1.19. The van der Waals surface area contributed by atoms with Crippen LogP contribution in [0.2, 0.25) is 0 Å². The topological polar surface area (TPSA) is 66.8 Å². The Balaban J connectivity index is 2.67. The van der Waals surface area contributed by atoms with Gasteiger partial charge in [0.05, 0.1) is 13.0 Å². The molecule has 1 aliphatic heterocycles. The van der Waals surface area contributed by atoms with Crippen molar-refractivity contribution in [1.29, 1.82) is 0 Å². The number of carbonyl (C=O) groups is 1. The molecule has 0 aromatic carbocycles. The monoisotopic (exact) mass is 146 g/mol. The molecule has 2 N–H and O–H groups in total. The second-order valence-corrected chi connectivity index (χ2v) is 2.70. The third-order valence-electron chi connectivity index (χ3n) is 1.64. The molecule has 1 rings (SSSR count). The van der Waals surface area contributed by atoms with E-state index < -0.39 is 17.7 Å². The molecule has 58 valence electrons. The van der Waals surface area contributed by atoms with Gasteiger partial charge in [-0.1, -0.05) is 0 Å². The maximum atomic E-state index is 10.5. The number of rotatable bonds is 1. The Morgan fingerprint density at radius 1 is 1.90 bits per heavy atom. The van der Waals surface area contributed by atoms with E-state index in [9.17, 15) is 9.90 Å². The van der Waals surface area contributed by atoms with Crippen molar-refractivity contribution in [3.63, 3.8) is 0 Å². The Hall–Kier alpha value is -0.610. The molecule has 0 bridgehead atoms. The maximum Gasteiger partial charge on any atom is 0.309 e. The standard InChI is InChI=1S/C6H10O4/c1-6(9)2-5(8)10-4(6)3-7/h4,7,9H,2-3H2,1H3/t4-,6+/m1/s1. The predicted octanol–water partition coefficient (Wildman–Crippen LogP) is -0.955. The lowest BCUT2D eigenvalue weighted by Gasteiger charge is -2.19. The van der Waals surface area contributed by atoms with Gasteiger partial charge in [-0.25, -0.2) is 0 Å². The lowest BCUT2D eigenvalue weighted by molar-refractivity contribution is -0.144. The highest BCUT2D eigenvalue weighted by molar-refractivity contribution is 5.73. The predicted molar refractivity (Wildman–Crippen MR) is 32.2 cm³/mol. The summed E-state index contributed by atoms with van der Waals surface area (Å²) in [6.45, 7) is 1.15. The van der Waals surface area contributed by atoms with Crippen LogP contribution in [0.5, 0.6) is 0 Å². The fraction of sp³-hybridized carbons (Fsp3) is 0.833. The van der Waals surface area contributed by atoms with Crippen LogP contribution in [0.1, 0.15) is 13.3 Å². The third-order valence-corrected chi connectivity index (χ3v) is 1.64. The van der Waals surface area contributed by atoms with Crippen molar-refractivity contribution in [2.75, 3.05) is 6.61 Å². The molecule has 1 fully saturated rings. The van der Waals surface area contributed by atoms with Gasteiger partial charge in [0.2, 0.25) is 0 Å². The summed E-state index contributed by atoms with van der Waals surface area (Å²) in [5.74, 6) is -0.455. The molecule has 0 radical (unpaired) electrons. The summed E-state index contributed by atoms with van der Waals surface area (Å²) in [6.07, 6.45) is -0.780. The maximum absolute atomic E-state index is 10.5. The molecule has 1 aliphatic rings. The molecular formula is C6H10O4. The molecule has 0 aliphatic carbocycles. The number of aliphatic hydroxyl groups excluding tert-OH is 1. The summed E-state index contributed by atoms with van der Waals surface area (Å²) in [7, 11) is 0. The van der Waals surface area contributed by atoms with E-state index in [0.717, 1.165) is 0 Å². The van der Waals surface area contributed by atoms with Gasteiger partial charge in [-0.2, -0.15) is 0 Å². The van der Waals surface area contributed by atoms with Crippen molar-refractivity contribution < 1.29 is 19.7 Å². The average molecular weight is 146 g/mol. The molecule has 4 heteroatoms. The summed E-state index contributed by atoms with van der Waals surface area (Å²) in [5, 5.41) is 17.9. The molecule has 0 unspecified atom stereocenters. The smallest absolute Gasteiger partial charge is 0.309 e. The molecule has 0 aromatic rings. The first-order valence-corrected chi connectivity index (χ1v) is 3.09. The molecule has 0 aromatic heterocycles. The SMILES string of the molecule is C[C@]1(O)CC(=O)O[C@@H]1CO. The van der Waals surface area contributed by atoms with E-state index in [1.165, 1.54) is 6.92 Å². The van der Waals surface area contributed by atoms with Crippen LogP contribution < -0.4 is 0 Å². The molecule has 0 amide bonds. The number of hydrogen-bond donors (Lipinski definition) is 2. The van der Waals surface area contributed by atoms with Crippen LogP contribution in [-0.4, -0.2) is 34.5 Å². The Bertz CT molecular complexity index is 152. The Labute approximate surface area is 58.4 Å². The zero-order chi connectivity index (χ0) is 7.78. The summed E-state index contributed by atoms with van der Waals surface area (Å²) in [6, 6.07) is 0. The fourth-order valence-electron chi connectivity index (χ4n) is 0.967. The van der Waals surface area contributed by atoms with E-state index >= 15 is 0 Å². The first kappa shape index (κ1) is 7.50. The van der Waals surface area contributed by atoms with Gasteiger partial charge >= 0.3 is 5.97 Å². The zero-order valence-electron chi connectivity index (χ0n) is 5.70. The van der Waals surface area contributed by atoms with Gasteiger partial charge in [0.15, 0.2) is 6.10 Å². The highest BCUT2D eigenvalue weighted by Crippen LogP contribution is 2.25. The number of cyclic esters (lactones) is 1. The molecule has 1 saturated heterocycles. The molecule has 4 nitrogen and oxygen atoms in total. The first-order valence-electron chi connectivity index (χ1n) is 3.09. The van der Waals surface area contributed by atoms with E-state index in [1.54, 1.807) is 0 Å². The number of esters is 1. The van der Waals surface area contributed by atoms with Crippen LogP contribution in [0, 0.1) is 0 Å². The lowest BCUT2D eigenvalue weighted by Crippen LogP contribution is -2.37. The van der Waals surface area contributed by atoms with Gasteiger partial charge in [-0.3, -0.25) is 4.79 Å². The van der Waals surface area contributed by atoms with Crippen LogP contribution in [0.25, 0.3) is 0 Å². The molecule has 2 atom stereocenters. The van der Waals surface area contributed by atoms with Crippen molar-refractivity contribution in [3.8, 4) is 0 Å². The molecule has 0 spiro atoms. The van der Waals surface area contributed by atoms with Crippen LogP contribution in [0.4, 0.5) is 0 Å². The molecule has 10 heavy (non-hydrogen) atoms. The van der Waals surface area contributed by atoms with Crippen molar-refractivity contribution in [2.24, 2.45) is 0 Å². The van der Waals surface area contributed by atoms with E-state index in [0.29, 0.717) is 0 Å². The van der Waals surface area contributed by atoms with Gasteiger partial charge < -0.3 is 14.9 Å². The summed E-state index contributed by atoms with van der Waals surface area (Å²) >= 11 is 0. The highest BCUT2D eigenvalue weighted by atomic mass is 16.6. The molecule has 0 saturated carbocycles. The second-order valence-electron chi connectivity index (χ2n) is 2.70. The van der Waals surface area contributed by atoms with Crippen LogP contribution in [0.15, 0.2) is 0 Å². The largest absolute Gasteiger partial charge is 0.457 e. The van der Waals surface area contributed by atoms with E-state index in [1.807, 2.05) is 0 Å². The zero-order valence-corrected chi connectivity index (χ0v) is 5.70.